The number of hydrogen-bond acceptors (Lipinski definition) is 6. The van der Waals surface area contributed by atoms with Gasteiger partial charge in [-0.3, -0.25) is 9.79 Å². The van der Waals surface area contributed by atoms with Crippen LogP contribution in [0.1, 0.15) is 5.82 Å². The van der Waals surface area contributed by atoms with E-state index < -0.39 is 0 Å². The molecule has 6 nitrogen and oxygen atoms in total. The number of nitrogens with one attached hydrogen (secondary N) is 1. The molecule has 19 heavy (non-hydrogen) atoms. The number of hydrogen-bond donors (Lipinski definition) is 2. The zero-order valence-electron chi connectivity index (χ0n) is 10.4. The molecule has 2 aromatic heterocycles. The van der Waals surface area contributed by atoms with Crippen molar-refractivity contribution < 1.29 is 4.74 Å². The van der Waals surface area contributed by atoms with Crippen molar-refractivity contribution in [2.45, 2.75) is 5.75 Å². The molecule has 0 radical (unpaired) electrons. The number of nitrogens with two attached hydrogens (primary N) is 1. The maximum Gasteiger partial charge on any atom is 0.268 e. The fourth-order valence-electron chi connectivity index (χ4n) is 1.43. The van der Waals surface area contributed by atoms with Gasteiger partial charge < -0.3 is 15.5 Å². The third kappa shape index (κ3) is 3.79. The van der Waals surface area contributed by atoms with Gasteiger partial charge in [-0.1, -0.05) is 11.8 Å². The quantitative estimate of drug-likeness (QED) is 0.491. The third-order valence-corrected chi connectivity index (χ3v) is 4.03. The molecule has 3 N–H and O–H groups in total. The SMILES string of the molecule is COCCN=C(N)SCc1nc2ccsc2c(=O)[nH]1. The maximum atomic E-state index is 11.7. The number of aliphatic imine (C=N–C) groups is 1. The van der Waals surface area contributed by atoms with Gasteiger partial charge >= 0.3 is 0 Å². The molecule has 0 atom stereocenters. The molecule has 0 saturated carbocycles. The molecule has 0 fully saturated rings. The van der Waals surface area contributed by atoms with Gasteiger partial charge in [-0.15, -0.1) is 11.3 Å². The number of aromatic amines is 1. The average molecular weight is 298 g/mol. The number of rotatable bonds is 5. The van der Waals surface area contributed by atoms with Crippen LogP contribution in [0.4, 0.5) is 0 Å². The van der Waals surface area contributed by atoms with Crippen molar-refractivity contribution in [3.8, 4) is 0 Å². The van der Waals surface area contributed by atoms with Crippen molar-refractivity contribution in [3.63, 3.8) is 0 Å². The molecule has 2 aromatic rings. The van der Waals surface area contributed by atoms with Crippen LogP contribution in [0.25, 0.3) is 10.2 Å². The lowest BCUT2D eigenvalue weighted by molar-refractivity contribution is 0.208. The number of nitrogens with zero attached hydrogens (tertiary/aromatic N) is 2. The first-order valence-corrected chi connectivity index (χ1v) is 7.45. The Morgan fingerprint density at radius 2 is 2.53 bits per heavy atom. The van der Waals surface area contributed by atoms with Gasteiger partial charge in [0.1, 0.15) is 10.5 Å². The lowest BCUT2D eigenvalue weighted by Crippen LogP contribution is -2.13. The molecular formula is C11H14N4O2S2. The van der Waals surface area contributed by atoms with Gasteiger partial charge in [-0.05, 0) is 11.4 Å². The van der Waals surface area contributed by atoms with Crippen LogP contribution < -0.4 is 11.3 Å². The summed E-state index contributed by atoms with van der Waals surface area (Å²) < 4.78 is 5.53. The second-order valence-electron chi connectivity index (χ2n) is 3.65. The Balaban J connectivity index is 2.01. The smallest absolute Gasteiger partial charge is 0.268 e. The fraction of sp³-hybridized carbons (Fsp3) is 0.364. The predicted octanol–water partition coefficient (Wildman–Crippen LogP) is 1.18. The summed E-state index contributed by atoms with van der Waals surface area (Å²) in [7, 11) is 1.61. The van der Waals surface area contributed by atoms with Crippen LogP contribution in [0, 0.1) is 0 Å². The van der Waals surface area contributed by atoms with Crippen molar-refractivity contribution in [1.82, 2.24) is 9.97 Å². The number of methoxy groups -OCH3 is 1. The number of amidine groups is 1. The van der Waals surface area contributed by atoms with Gasteiger partial charge in [0, 0.05) is 7.11 Å². The van der Waals surface area contributed by atoms with Gasteiger partial charge in [0.2, 0.25) is 0 Å². The van der Waals surface area contributed by atoms with E-state index in [1.807, 2.05) is 11.4 Å². The highest BCUT2D eigenvalue weighted by molar-refractivity contribution is 8.13. The first-order valence-electron chi connectivity index (χ1n) is 5.58. The predicted molar refractivity (Wildman–Crippen MR) is 79.9 cm³/mol. The molecule has 8 heteroatoms. The Bertz CT molecular complexity index is 635. The van der Waals surface area contributed by atoms with Gasteiger partial charge in [0.15, 0.2) is 5.17 Å². The highest BCUT2D eigenvalue weighted by Gasteiger charge is 2.05. The lowest BCUT2D eigenvalue weighted by Gasteiger charge is -2.01. The Morgan fingerprint density at radius 3 is 3.32 bits per heavy atom. The first-order chi connectivity index (χ1) is 9.20. The molecule has 0 saturated heterocycles. The van der Waals surface area contributed by atoms with Crippen LogP contribution in [0.2, 0.25) is 0 Å². The second-order valence-corrected chi connectivity index (χ2v) is 5.56. The van der Waals surface area contributed by atoms with Crippen molar-refractivity contribution >= 4 is 38.5 Å². The average Bonchev–Trinajstić information content (AvgIpc) is 2.85. The van der Waals surface area contributed by atoms with Crippen molar-refractivity contribution in [3.05, 3.63) is 27.6 Å². The Kier molecular flexibility index (Phi) is 4.94. The summed E-state index contributed by atoms with van der Waals surface area (Å²) in [5.74, 6) is 1.09. The molecule has 0 aliphatic heterocycles. The van der Waals surface area contributed by atoms with Gasteiger partial charge in [0.05, 0.1) is 24.4 Å². The number of H-pyrrole nitrogens is 1. The largest absolute Gasteiger partial charge is 0.383 e. The molecule has 102 valence electrons. The Labute approximate surface area is 118 Å². The van der Waals surface area contributed by atoms with Crippen LogP contribution in [0.15, 0.2) is 21.2 Å². The van der Waals surface area contributed by atoms with E-state index in [4.69, 9.17) is 10.5 Å². The minimum atomic E-state index is -0.106. The Morgan fingerprint density at radius 1 is 1.68 bits per heavy atom. The molecule has 0 aromatic carbocycles. The molecule has 0 unspecified atom stereocenters. The Hall–Kier alpha value is -1.38. The normalized spacial score (nSPS) is 12.2. The highest BCUT2D eigenvalue weighted by Crippen LogP contribution is 2.15. The third-order valence-electron chi connectivity index (χ3n) is 2.28. The van der Waals surface area contributed by atoms with Crippen LogP contribution >= 0.6 is 23.1 Å². The maximum absolute atomic E-state index is 11.7. The molecule has 2 heterocycles. The van der Waals surface area contributed by atoms with Crippen LogP contribution in [0.5, 0.6) is 0 Å². The summed E-state index contributed by atoms with van der Waals surface area (Å²) in [6.45, 7) is 1.07. The zero-order valence-corrected chi connectivity index (χ0v) is 12.0. The molecule has 0 amide bonds. The fourth-order valence-corrected chi connectivity index (χ4v) is 2.75. The van der Waals surface area contributed by atoms with Crippen molar-refractivity contribution in [2.75, 3.05) is 20.3 Å². The molecule has 0 aliphatic carbocycles. The van der Waals surface area contributed by atoms with Crippen LogP contribution in [-0.4, -0.2) is 35.4 Å². The second kappa shape index (κ2) is 6.69. The molecule has 0 aliphatic rings. The minimum absolute atomic E-state index is 0.106. The van der Waals surface area contributed by atoms with Crippen molar-refractivity contribution in [1.29, 1.82) is 0 Å². The van der Waals surface area contributed by atoms with Gasteiger partial charge in [0.25, 0.3) is 5.56 Å². The molecule has 0 spiro atoms. The van der Waals surface area contributed by atoms with E-state index in [0.717, 1.165) is 5.52 Å². The number of fused-ring (bicyclic) bond motifs is 1. The summed E-state index contributed by atoms with van der Waals surface area (Å²) >= 11 is 2.73. The van der Waals surface area contributed by atoms with E-state index in [2.05, 4.69) is 15.0 Å². The number of thioether (sulfide) groups is 1. The van der Waals surface area contributed by atoms with E-state index in [1.165, 1.54) is 23.1 Å². The minimum Gasteiger partial charge on any atom is -0.383 e. The van der Waals surface area contributed by atoms with E-state index in [-0.39, 0.29) is 5.56 Å². The van der Waals surface area contributed by atoms with Gasteiger partial charge in [-0.2, -0.15) is 0 Å². The monoisotopic (exact) mass is 298 g/mol. The summed E-state index contributed by atoms with van der Waals surface area (Å²) in [5.41, 5.74) is 6.35. The summed E-state index contributed by atoms with van der Waals surface area (Å²) in [6, 6.07) is 1.83. The summed E-state index contributed by atoms with van der Waals surface area (Å²) in [4.78, 5) is 23.0. The van der Waals surface area contributed by atoms with Gasteiger partial charge in [-0.25, -0.2) is 4.98 Å². The first kappa shape index (κ1) is 14.0. The van der Waals surface area contributed by atoms with E-state index >= 15 is 0 Å². The summed E-state index contributed by atoms with van der Waals surface area (Å²) in [5, 5.41) is 2.31. The molecule has 2 rings (SSSR count). The van der Waals surface area contributed by atoms with Crippen LogP contribution in [-0.2, 0) is 10.5 Å². The number of ether oxygens (including phenoxy) is 1. The molecule has 0 bridgehead atoms. The zero-order chi connectivity index (χ0) is 13.7. The molecular weight excluding hydrogens is 284 g/mol. The summed E-state index contributed by atoms with van der Waals surface area (Å²) in [6.07, 6.45) is 0. The topological polar surface area (TPSA) is 93.4 Å². The lowest BCUT2D eigenvalue weighted by atomic mass is 10.4. The van der Waals surface area contributed by atoms with Crippen molar-refractivity contribution in [2.24, 2.45) is 10.7 Å². The van der Waals surface area contributed by atoms with Crippen LogP contribution in [0.3, 0.4) is 0 Å². The number of thiophene rings is 1. The number of aromatic nitrogens is 2. The highest BCUT2D eigenvalue weighted by atomic mass is 32.2. The van der Waals surface area contributed by atoms with E-state index in [1.54, 1.807) is 7.11 Å². The standard InChI is InChI=1S/C11H14N4O2S2/c1-17-4-3-13-11(12)19-6-8-14-7-2-5-18-9(7)10(16)15-8/h2,5H,3-4,6H2,1H3,(H2,12,13)(H,14,15,16). The van der Waals surface area contributed by atoms with E-state index in [0.29, 0.717) is 34.6 Å². The van der Waals surface area contributed by atoms with E-state index in [9.17, 15) is 4.79 Å².